The number of amides is 1. The molecule has 0 spiro atoms. The average Bonchev–Trinajstić information content (AvgIpc) is 3.52. The standard InChI is InChI=1S/C25H20ClN5O2S/c1-16-20(14-17-6-3-2-4-7-17)22(32)31-24(27-16)28-25(29-31)30(23(33)21-8-5-13-34-21)15-18-9-11-19(26)12-10-18/h2-13H,14-15H2,1H3,(H,27,28,29). The first kappa shape index (κ1) is 22.1. The number of benzene rings is 2. The van der Waals surface area contributed by atoms with Gasteiger partial charge in [0, 0.05) is 17.0 Å². The van der Waals surface area contributed by atoms with E-state index < -0.39 is 0 Å². The molecule has 1 N–H and O–H groups in total. The van der Waals surface area contributed by atoms with Crippen LogP contribution in [0.15, 0.2) is 76.9 Å². The fraction of sp³-hybridized carbons (Fsp3) is 0.120. The number of hydrogen-bond acceptors (Lipinski definition) is 5. The minimum atomic E-state index is -0.236. The summed E-state index contributed by atoms with van der Waals surface area (Å²) in [5.74, 6) is 0.238. The second-order valence-electron chi connectivity index (χ2n) is 7.82. The molecule has 0 saturated heterocycles. The molecule has 5 rings (SSSR count). The largest absolute Gasteiger partial charge is 0.277 e. The zero-order valence-electron chi connectivity index (χ0n) is 18.2. The number of nitrogens with one attached hydrogen (secondary N) is 1. The maximum atomic E-state index is 13.4. The van der Waals surface area contributed by atoms with E-state index in [1.54, 1.807) is 25.1 Å². The Balaban J connectivity index is 1.57. The summed E-state index contributed by atoms with van der Waals surface area (Å²) in [4.78, 5) is 37.8. The van der Waals surface area contributed by atoms with Crippen LogP contribution in [0.5, 0.6) is 0 Å². The van der Waals surface area contributed by atoms with E-state index in [1.807, 2.05) is 53.9 Å². The predicted molar refractivity (Wildman–Crippen MR) is 134 cm³/mol. The third-order valence-electron chi connectivity index (χ3n) is 5.49. The molecule has 0 bridgehead atoms. The lowest BCUT2D eigenvalue weighted by atomic mass is 10.1. The summed E-state index contributed by atoms with van der Waals surface area (Å²) < 4.78 is 1.30. The number of fused-ring (bicyclic) bond motifs is 1. The first-order valence-electron chi connectivity index (χ1n) is 10.6. The van der Waals surface area contributed by atoms with Crippen LogP contribution < -0.4 is 10.5 Å². The minimum absolute atomic E-state index is 0.217. The van der Waals surface area contributed by atoms with Gasteiger partial charge in [0.2, 0.25) is 5.95 Å². The van der Waals surface area contributed by atoms with Crippen LogP contribution in [0, 0.1) is 6.92 Å². The van der Waals surface area contributed by atoms with Crippen LogP contribution in [0.1, 0.15) is 32.1 Å². The number of anilines is 1. The third kappa shape index (κ3) is 4.37. The van der Waals surface area contributed by atoms with Crippen molar-refractivity contribution in [1.82, 2.24) is 19.6 Å². The van der Waals surface area contributed by atoms with Crippen molar-refractivity contribution < 1.29 is 4.79 Å². The van der Waals surface area contributed by atoms with Gasteiger partial charge in [-0.05, 0) is 41.6 Å². The quantitative estimate of drug-likeness (QED) is 0.368. The van der Waals surface area contributed by atoms with Crippen molar-refractivity contribution in [3.63, 3.8) is 0 Å². The summed E-state index contributed by atoms with van der Waals surface area (Å²) in [6, 6.07) is 20.6. The molecule has 0 atom stereocenters. The van der Waals surface area contributed by atoms with Crippen molar-refractivity contribution in [2.75, 3.05) is 4.90 Å². The Morgan fingerprint density at radius 1 is 1.03 bits per heavy atom. The number of H-pyrrole nitrogens is 1. The zero-order valence-corrected chi connectivity index (χ0v) is 19.8. The molecule has 0 aliphatic carbocycles. The van der Waals surface area contributed by atoms with Gasteiger partial charge in [-0.3, -0.25) is 19.6 Å². The minimum Gasteiger partial charge on any atom is -0.272 e. The molecule has 0 aliphatic heterocycles. The fourth-order valence-corrected chi connectivity index (χ4v) is 4.51. The van der Waals surface area contributed by atoms with Crippen LogP contribution >= 0.6 is 22.9 Å². The molecule has 0 radical (unpaired) electrons. The summed E-state index contributed by atoms with van der Waals surface area (Å²) in [6.07, 6.45) is 0.457. The van der Waals surface area contributed by atoms with E-state index in [2.05, 4.69) is 15.1 Å². The van der Waals surface area contributed by atoms with Crippen molar-refractivity contribution in [3.05, 3.63) is 115 Å². The van der Waals surface area contributed by atoms with Crippen LogP contribution in [0.25, 0.3) is 5.78 Å². The molecule has 2 aromatic carbocycles. The van der Waals surface area contributed by atoms with Crippen molar-refractivity contribution >= 4 is 40.6 Å². The van der Waals surface area contributed by atoms with Crippen LogP contribution in [0.3, 0.4) is 0 Å². The number of rotatable bonds is 6. The molecule has 1 amide bonds. The van der Waals surface area contributed by atoms with Gasteiger partial charge in [0.05, 0.1) is 17.1 Å². The zero-order chi connectivity index (χ0) is 23.7. The molecule has 34 heavy (non-hydrogen) atoms. The van der Waals surface area contributed by atoms with Gasteiger partial charge in [-0.15, -0.1) is 11.3 Å². The molecular formula is C25H20ClN5O2S. The lowest BCUT2D eigenvalue weighted by molar-refractivity contribution is 0.0987. The van der Waals surface area contributed by atoms with E-state index in [1.165, 1.54) is 20.8 Å². The summed E-state index contributed by atoms with van der Waals surface area (Å²) in [5.41, 5.74) is 2.84. The Kier molecular flexibility index (Phi) is 6.00. The molecule has 0 fully saturated rings. The van der Waals surface area contributed by atoms with Crippen molar-refractivity contribution in [3.8, 4) is 0 Å². The van der Waals surface area contributed by atoms with E-state index in [-0.39, 0.29) is 29.7 Å². The molecule has 3 heterocycles. The summed E-state index contributed by atoms with van der Waals surface area (Å²) in [5, 5.41) is 5.46. The van der Waals surface area contributed by atoms with E-state index >= 15 is 0 Å². The monoisotopic (exact) mass is 489 g/mol. The highest BCUT2D eigenvalue weighted by Gasteiger charge is 2.24. The lowest BCUT2D eigenvalue weighted by Gasteiger charge is -2.19. The number of thiophene rings is 1. The highest BCUT2D eigenvalue weighted by molar-refractivity contribution is 7.12. The van der Waals surface area contributed by atoms with Gasteiger partial charge >= 0.3 is 0 Å². The molecule has 0 unspecified atom stereocenters. The maximum absolute atomic E-state index is 13.4. The SMILES string of the molecule is Cc1nc2nc(N(Cc3ccc(Cl)cc3)C(=O)c3cccs3)[nH]n2c(=O)c1Cc1ccccc1. The molecule has 0 saturated carbocycles. The van der Waals surface area contributed by atoms with Crippen molar-refractivity contribution in [2.45, 2.75) is 19.9 Å². The fourth-order valence-electron chi connectivity index (χ4n) is 3.72. The number of hydrogen-bond donors (Lipinski definition) is 1. The van der Waals surface area contributed by atoms with Gasteiger partial charge in [0.25, 0.3) is 17.2 Å². The number of carbonyl (C=O) groups is 1. The first-order chi connectivity index (χ1) is 16.5. The van der Waals surface area contributed by atoms with Crippen LogP contribution in [0.4, 0.5) is 5.95 Å². The number of carbonyl (C=O) groups excluding carboxylic acids is 1. The molecule has 170 valence electrons. The highest BCUT2D eigenvalue weighted by atomic mass is 35.5. The molecule has 3 aromatic heterocycles. The normalized spacial score (nSPS) is 11.1. The van der Waals surface area contributed by atoms with Gasteiger partial charge in [0.1, 0.15) is 0 Å². The highest BCUT2D eigenvalue weighted by Crippen LogP contribution is 2.21. The Morgan fingerprint density at radius 3 is 2.50 bits per heavy atom. The number of halogens is 1. The maximum Gasteiger partial charge on any atom is 0.277 e. The van der Waals surface area contributed by atoms with Gasteiger partial charge in [-0.25, -0.2) is 4.98 Å². The Morgan fingerprint density at radius 2 is 1.79 bits per heavy atom. The van der Waals surface area contributed by atoms with Gasteiger partial charge in [0.15, 0.2) is 0 Å². The molecular weight excluding hydrogens is 470 g/mol. The Labute approximate surface area is 204 Å². The van der Waals surface area contributed by atoms with E-state index in [4.69, 9.17) is 11.6 Å². The topological polar surface area (TPSA) is 83.4 Å². The number of aryl methyl sites for hydroxylation is 1. The predicted octanol–water partition coefficient (Wildman–Crippen LogP) is 4.88. The Bertz CT molecular complexity index is 1510. The number of nitrogens with zero attached hydrogens (tertiary/aromatic N) is 4. The summed E-state index contributed by atoms with van der Waals surface area (Å²) in [7, 11) is 0. The molecule has 5 aromatic rings. The van der Waals surface area contributed by atoms with Crippen LogP contribution in [-0.2, 0) is 13.0 Å². The summed E-state index contributed by atoms with van der Waals surface area (Å²) >= 11 is 7.37. The Hall–Kier alpha value is -3.75. The first-order valence-corrected chi connectivity index (χ1v) is 11.9. The van der Waals surface area contributed by atoms with E-state index in [9.17, 15) is 9.59 Å². The van der Waals surface area contributed by atoms with E-state index in [0.29, 0.717) is 27.6 Å². The second kappa shape index (κ2) is 9.24. The van der Waals surface area contributed by atoms with Crippen LogP contribution in [-0.4, -0.2) is 25.5 Å². The lowest BCUT2D eigenvalue weighted by Crippen LogP contribution is -2.31. The van der Waals surface area contributed by atoms with Gasteiger partial charge in [-0.1, -0.05) is 60.1 Å². The van der Waals surface area contributed by atoms with Crippen LogP contribution in [0.2, 0.25) is 5.02 Å². The molecule has 9 heteroatoms. The second-order valence-corrected chi connectivity index (χ2v) is 9.21. The van der Waals surface area contributed by atoms with Gasteiger partial charge < -0.3 is 0 Å². The number of aromatic amines is 1. The van der Waals surface area contributed by atoms with Crippen molar-refractivity contribution in [2.24, 2.45) is 0 Å². The van der Waals surface area contributed by atoms with Crippen molar-refractivity contribution in [1.29, 1.82) is 0 Å². The molecule has 7 nitrogen and oxygen atoms in total. The van der Waals surface area contributed by atoms with Gasteiger partial charge in [-0.2, -0.15) is 9.50 Å². The van der Waals surface area contributed by atoms with E-state index in [0.717, 1.165) is 11.1 Å². The number of aromatic nitrogens is 4. The smallest absolute Gasteiger partial charge is 0.272 e. The average molecular weight is 490 g/mol. The molecule has 0 aliphatic rings. The third-order valence-corrected chi connectivity index (χ3v) is 6.60. The summed E-state index contributed by atoms with van der Waals surface area (Å²) in [6.45, 7) is 2.05.